The van der Waals surface area contributed by atoms with Gasteiger partial charge in [0.15, 0.2) is 10.7 Å². The fourth-order valence-electron chi connectivity index (χ4n) is 3.68. The van der Waals surface area contributed by atoms with Crippen molar-refractivity contribution in [3.63, 3.8) is 0 Å². The number of thiazole rings is 1. The number of rotatable bonds is 5. The van der Waals surface area contributed by atoms with Crippen molar-refractivity contribution in [3.05, 3.63) is 58.0 Å². The number of halogens is 1. The first-order valence-corrected chi connectivity index (χ1v) is 10.8. The van der Waals surface area contributed by atoms with Gasteiger partial charge in [0.05, 0.1) is 27.9 Å². The van der Waals surface area contributed by atoms with Crippen molar-refractivity contribution in [1.29, 1.82) is 0 Å². The van der Waals surface area contributed by atoms with E-state index in [4.69, 9.17) is 20.8 Å². The second-order valence-corrected chi connectivity index (χ2v) is 8.56. The summed E-state index contributed by atoms with van der Waals surface area (Å²) in [7, 11) is 0. The topological polar surface area (TPSA) is 77.6 Å². The van der Waals surface area contributed by atoms with Crippen LogP contribution in [0.1, 0.15) is 12.8 Å². The summed E-state index contributed by atoms with van der Waals surface area (Å²) in [4.78, 5) is 31.9. The molecular weight excluding hydrogens is 426 g/mol. The van der Waals surface area contributed by atoms with Gasteiger partial charge in [-0.25, -0.2) is 9.78 Å². The van der Waals surface area contributed by atoms with E-state index in [2.05, 4.69) is 4.98 Å². The highest BCUT2D eigenvalue weighted by atomic mass is 35.5. The van der Waals surface area contributed by atoms with Crippen LogP contribution in [0.3, 0.4) is 0 Å². The van der Waals surface area contributed by atoms with Gasteiger partial charge in [0.2, 0.25) is 5.91 Å². The predicted molar refractivity (Wildman–Crippen MR) is 116 cm³/mol. The molecule has 0 bridgehead atoms. The Balaban J connectivity index is 1.51. The molecule has 1 saturated heterocycles. The molecule has 2 aromatic carbocycles. The molecule has 5 rings (SSSR count). The number of fused-ring (bicyclic) bond motifs is 2. The first-order valence-electron chi connectivity index (χ1n) is 9.65. The molecule has 1 aliphatic rings. The fourth-order valence-corrected chi connectivity index (χ4v) is 4.97. The van der Waals surface area contributed by atoms with Crippen LogP contribution in [0.25, 0.3) is 21.3 Å². The zero-order valence-electron chi connectivity index (χ0n) is 15.9. The Labute approximate surface area is 180 Å². The summed E-state index contributed by atoms with van der Waals surface area (Å²) in [5, 5.41) is 1.08. The van der Waals surface area contributed by atoms with Crippen molar-refractivity contribution in [2.45, 2.75) is 25.5 Å². The maximum Gasteiger partial charge on any atom is 0.420 e. The molecule has 1 fully saturated rings. The van der Waals surface area contributed by atoms with E-state index in [1.165, 1.54) is 15.9 Å². The number of aromatic nitrogens is 2. The lowest BCUT2D eigenvalue weighted by Gasteiger charge is -2.23. The molecule has 1 atom stereocenters. The second-order valence-electron chi connectivity index (χ2n) is 7.14. The molecule has 9 heteroatoms. The van der Waals surface area contributed by atoms with Crippen LogP contribution >= 0.6 is 22.9 Å². The van der Waals surface area contributed by atoms with Crippen molar-refractivity contribution in [3.8, 4) is 0 Å². The van der Waals surface area contributed by atoms with E-state index < -0.39 is 5.76 Å². The predicted octanol–water partition coefficient (Wildman–Crippen LogP) is 4.07. The Morgan fingerprint density at radius 3 is 2.93 bits per heavy atom. The molecule has 1 aliphatic heterocycles. The zero-order valence-corrected chi connectivity index (χ0v) is 17.5. The molecule has 7 nitrogen and oxygen atoms in total. The molecule has 4 aromatic rings. The number of carbonyl (C=O) groups is 1. The van der Waals surface area contributed by atoms with Crippen LogP contribution in [-0.2, 0) is 16.1 Å². The second kappa shape index (κ2) is 7.86. The molecule has 1 unspecified atom stereocenters. The summed E-state index contributed by atoms with van der Waals surface area (Å²) in [5.41, 5.74) is 1.70. The number of hydrogen-bond donors (Lipinski definition) is 0. The molecule has 2 aromatic heterocycles. The van der Waals surface area contributed by atoms with Gasteiger partial charge in [0.25, 0.3) is 0 Å². The summed E-state index contributed by atoms with van der Waals surface area (Å²) < 4.78 is 13.3. The van der Waals surface area contributed by atoms with Gasteiger partial charge in [-0.05, 0) is 37.1 Å². The van der Waals surface area contributed by atoms with E-state index >= 15 is 0 Å². The van der Waals surface area contributed by atoms with Crippen molar-refractivity contribution in [2.75, 3.05) is 18.1 Å². The molecule has 1 amide bonds. The molecule has 0 N–H and O–H groups in total. The molecule has 0 saturated carbocycles. The molecule has 0 radical (unpaired) electrons. The summed E-state index contributed by atoms with van der Waals surface area (Å²) in [6.07, 6.45) is 1.78. The molecule has 0 aliphatic carbocycles. The van der Waals surface area contributed by atoms with Gasteiger partial charge in [-0.1, -0.05) is 41.1 Å². The maximum absolute atomic E-state index is 13.4. The van der Waals surface area contributed by atoms with Crippen molar-refractivity contribution >= 4 is 55.3 Å². The number of carbonyl (C=O) groups excluding carboxylic acids is 1. The zero-order chi connectivity index (χ0) is 20.7. The first-order chi connectivity index (χ1) is 14.6. The van der Waals surface area contributed by atoms with Crippen LogP contribution in [0.2, 0.25) is 5.02 Å². The van der Waals surface area contributed by atoms with Crippen LogP contribution in [0.5, 0.6) is 0 Å². The minimum atomic E-state index is -0.561. The number of oxazole rings is 1. The van der Waals surface area contributed by atoms with Gasteiger partial charge >= 0.3 is 5.76 Å². The Kier molecular flexibility index (Phi) is 5.06. The van der Waals surface area contributed by atoms with E-state index in [1.807, 2.05) is 12.1 Å². The molecular formula is C21H18ClN3O4S. The minimum Gasteiger partial charge on any atom is -0.408 e. The van der Waals surface area contributed by atoms with Gasteiger partial charge in [0, 0.05) is 6.61 Å². The Hall–Kier alpha value is -2.68. The van der Waals surface area contributed by atoms with Gasteiger partial charge in [-0.15, -0.1) is 0 Å². The average Bonchev–Trinajstić information content (AvgIpc) is 3.46. The average molecular weight is 444 g/mol. The number of anilines is 1. The molecule has 3 heterocycles. The standard InChI is InChI=1S/C21H18ClN3O4S/c22-14-6-3-9-17-19(14)23-20(30-17)25(11-13-5-4-10-28-13)18(26)12-24-15-7-1-2-8-16(15)29-21(24)27/h1-3,6-9,13H,4-5,10-12H2. The largest absolute Gasteiger partial charge is 0.420 e. The van der Waals surface area contributed by atoms with Crippen LogP contribution in [-0.4, -0.2) is 34.7 Å². The van der Waals surface area contributed by atoms with E-state index in [9.17, 15) is 9.59 Å². The minimum absolute atomic E-state index is 0.0609. The monoisotopic (exact) mass is 443 g/mol. The highest BCUT2D eigenvalue weighted by Crippen LogP contribution is 2.33. The third kappa shape index (κ3) is 3.51. The van der Waals surface area contributed by atoms with Gasteiger partial charge in [0.1, 0.15) is 12.1 Å². The number of para-hydroxylation sites is 3. The van der Waals surface area contributed by atoms with E-state index in [-0.39, 0.29) is 18.6 Å². The van der Waals surface area contributed by atoms with Crippen molar-refractivity contribution in [2.24, 2.45) is 0 Å². The smallest absolute Gasteiger partial charge is 0.408 e. The van der Waals surface area contributed by atoms with E-state index in [0.29, 0.717) is 39.9 Å². The lowest BCUT2D eigenvalue weighted by Crippen LogP contribution is -2.40. The Bertz CT molecular complexity index is 1290. The number of benzene rings is 2. The molecule has 0 spiro atoms. The van der Waals surface area contributed by atoms with Crippen LogP contribution < -0.4 is 10.7 Å². The lowest BCUT2D eigenvalue weighted by molar-refractivity contribution is -0.119. The van der Waals surface area contributed by atoms with Gasteiger partial charge in [-0.2, -0.15) is 0 Å². The van der Waals surface area contributed by atoms with Crippen LogP contribution in [0.4, 0.5) is 5.13 Å². The lowest BCUT2D eigenvalue weighted by atomic mass is 10.2. The summed E-state index contributed by atoms with van der Waals surface area (Å²) >= 11 is 7.68. The number of ether oxygens (including phenoxy) is 1. The van der Waals surface area contributed by atoms with Crippen molar-refractivity contribution in [1.82, 2.24) is 9.55 Å². The summed E-state index contributed by atoms with van der Waals surface area (Å²) in [6, 6.07) is 12.6. The Morgan fingerprint density at radius 2 is 2.13 bits per heavy atom. The molecule has 154 valence electrons. The van der Waals surface area contributed by atoms with Crippen LogP contribution in [0.15, 0.2) is 51.7 Å². The summed E-state index contributed by atoms with van der Waals surface area (Å²) in [5.74, 6) is -0.816. The van der Waals surface area contributed by atoms with Gasteiger partial charge in [-0.3, -0.25) is 14.3 Å². The Morgan fingerprint density at radius 1 is 1.27 bits per heavy atom. The number of hydrogen-bond acceptors (Lipinski definition) is 6. The highest BCUT2D eigenvalue weighted by molar-refractivity contribution is 7.22. The maximum atomic E-state index is 13.4. The third-order valence-electron chi connectivity index (χ3n) is 5.17. The van der Waals surface area contributed by atoms with Crippen LogP contribution in [0, 0.1) is 0 Å². The van der Waals surface area contributed by atoms with E-state index in [1.54, 1.807) is 35.2 Å². The van der Waals surface area contributed by atoms with Gasteiger partial charge < -0.3 is 9.15 Å². The summed E-state index contributed by atoms with van der Waals surface area (Å²) in [6.45, 7) is 0.914. The SMILES string of the molecule is O=C(Cn1c(=O)oc2ccccc21)N(CC1CCCO1)c1nc2c(Cl)cccc2s1. The quantitative estimate of drug-likeness (QED) is 0.464. The highest BCUT2D eigenvalue weighted by Gasteiger charge is 2.27. The number of nitrogens with zero attached hydrogens (tertiary/aromatic N) is 3. The molecule has 30 heavy (non-hydrogen) atoms. The number of amides is 1. The van der Waals surface area contributed by atoms with Crippen molar-refractivity contribution < 1.29 is 13.9 Å². The normalized spacial score (nSPS) is 16.5. The fraction of sp³-hybridized carbons (Fsp3) is 0.286. The van der Waals surface area contributed by atoms with E-state index in [0.717, 1.165) is 17.5 Å². The third-order valence-corrected chi connectivity index (χ3v) is 6.52. The first kappa shape index (κ1) is 19.3.